The van der Waals surface area contributed by atoms with Gasteiger partial charge in [-0.3, -0.25) is 4.79 Å². The molecule has 3 atom stereocenters. The summed E-state index contributed by atoms with van der Waals surface area (Å²) in [5, 5.41) is 19.0. The summed E-state index contributed by atoms with van der Waals surface area (Å²) in [6, 6.07) is 13.0. The molecule has 1 saturated carbocycles. The summed E-state index contributed by atoms with van der Waals surface area (Å²) in [7, 11) is 0. The molecule has 5 rings (SSSR count). The molecule has 31 heavy (non-hydrogen) atoms. The van der Waals surface area contributed by atoms with E-state index < -0.39 is 6.10 Å². The minimum absolute atomic E-state index is 0.106. The highest BCUT2D eigenvalue weighted by Crippen LogP contribution is 2.29. The molecule has 166 valence electrons. The van der Waals surface area contributed by atoms with Crippen LogP contribution < -0.4 is 15.8 Å². The van der Waals surface area contributed by atoms with E-state index in [0.29, 0.717) is 12.1 Å². The van der Waals surface area contributed by atoms with Crippen LogP contribution in [0.15, 0.2) is 41.2 Å². The lowest BCUT2D eigenvalue weighted by atomic mass is 9.93. The van der Waals surface area contributed by atoms with Crippen molar-refractivity contribution in [3.63, 3.8) is 0 Å². The molecule has 3 unspecified atom stereocenters. The first kappa shape index (κ1) is 20.7. The number of rotatable bonds is 5. The number of nitrogens with one attached hydrogen (secondary N) is 1. The lowest BCUT2D eigenvalue weighted by molar-refractivity contribution is 0.0669. The van der Waals surface area contributed by atoms with Crippen LogP contribution in [0.4, 0.5) is 5.82 Å². The van der Waals surface area contributed by atoms with Gasteiger partial charge in [-0.25, -0.2) is 4.68 Å². The third-order valence-corrected chi connectivity index (χ3v) is 7.43. The Bertz CT molecular complexity index is 934. The molecule has 3 aliphatic rings. The van der Waals surface area contributed by atoms with Gasteiger partial charge in [0.15, 0.2) is 0 Å². The number of benzene rings is 1. The van der Waals surface area contributed by atoms with E-state index in [1.165, 1.54) is 17.5 Å². The molecule has 6 heteroatoms. The zero-order valence-electron chi connectivity index (χ0n) is 18.2. The minimum Gasteiger partial charge on any atom is -0.391 e. The van der Waals surface area contributed by atoms with Crippen LogP contribution in [0.5, 0.6) is 0 Å². The Labute approximate surface area is 184 Å². The van der Waals surface area contributed by atoms with E-state index in [9.17, 15) is 9.90 Å². The fraction of sp³-hybridized carbons (Fsp3) is 0.600. The Morgan fingerprint density at radius 2 is 1.71 bits per heavy atom. The van der Waals surface area contributed by atoms with E-state index in [2.05, 4.69) is 34.5 Å². The van der Waals surface area contributed by atoms with Crippen LogP contribution in [0.1, 0.15) is 62.1 Å². The molecule has 2 fully saturated rings. The first-order valence-corrected chi connectivity index (χ1v) is 12.0. The predicted molar refractivity (Wildman–Crippen MR) is 123 cm³/mol. The van der Waals surface area contributed by atoms with E-state index in [0.717, 1.165) is 70.3 Å². The summed E-state index contributed by atoms with van der Waals surface area (Å²) in [5.74, 6) is 0.874. The lowest BCUT2D eigenvalue weighted by Gasteiger charge is -2.38. The maximum Gasteiger partial charge on any atom is 0.267 e. The molecule has 1 aromatic heterocycles. The van der Waals surface area contributed by atoms with E-state index in [4.69, 9.17) is 5.10 Å². The summed E-state index contributed by atoms with van der Waals surface area (Å²) in [4.78, 5) is 14.9. The second-order valence-electron chi connectivity index (χ2n) is 9.52. The van der Waals surface area contributed by atoms with Crippen molar-refractivity contribution >= 4 is 5.82 Å². The zero-order valence-corrected chi connectivity index (χ0v) is 18.2. The second kappa shape index (κ2) is 9.13. The predicted octanol–water partition coefficient (Wildman–Crippen LogP) is 2.84. The van der Waals surface area contributed by atoms with Crippen molar-refractivity contribution in [2.75, 3.05) is 18.0 Å². The van der Waals surface area contributed by atoms with Crippen LogP contribution in [0.3, 0.4) is 0 Å². The van der Waals surface area contributed by atoms with Crippen molar-refractivity contribution in [2.45, 2.75) is 82.0 Å². The largest absolute Gasteiger partial charge is 0.391 e. The van der Waals surface area contributed by atoms with Crippen molar-refractivity contribution in [3.05, 3.63) is 57.9 Å². The number of anilines is 1. The highest BCUT2D eigenvalue weighted by Gasteiger charge is 2.29. The molecule has 0 bridgehead atoms. The zero-order chi connectivity index (χ0) is 21.2. The van der Waals surface area contributed by atoms with Gasteiger partial charge in [-0.2, -0.15) is 5.10 Å². The lowest BCUT2D eigenvalue weighted by Crippen LogP contribution is -2.49. The summed E-state index contributed by atoms with van der Waals surface area (Å²) in [6.07, 6.45) is 8.89. The number of aliphatic hydroxyl groups excluding tert-OH is 1. The fourth-order valence-electron chi connectivity index (χ4n) is 5.70. The second-order valence-corrected chi connectivity index (χ2v) is 9.52. The number of piperidine rings is 1. The number of nitrogens with zero attached hydrogens (tertiary/aromatic N) is 3. The molecular weight excluding hydrogens is 388 g/mol. The van der Waals surface area contributed by atoms with Crippen LogP contribution in [0.2, 0.25) is 0 Å². The maximum absolute atomic E-state index is 12.5. The molecule has 0 spiro atoms. The first-order valence-electron chi connectivity index (χ1n) is 12.0. The number of aliphatic hydroxyl groups is 1. The number of hydrogen-bond acceptors (Lipinski definition) is 5. The average molecular weight is 423 g/mol. The fourth-order valence-corrected chi connectivity index (χ4v) is 5.70. The average Bonchev–Trinajstić information content (AvgIpc) is 3.22. The molecule has 2 heterocycles. The van der Waals surface area contributed by atoms with Gasteiger partial charge in [-0.1, -0.05) is 37.1 Å². The molecule has 1 aliphatic heterocycles. The third kappa shape index (κ3) is 4.41. The number of hydrogen-bond donors (Lipinski definition) is 2. The summed E-state index contributed by atoms with van der Waals surface area (Å²) in [5.41, 5.74) is 2.84. The van der Waals surface area contributed by atoms with E-state index >= 15 is 0 Å². The van der Waals surface area contributed by atoms with Gasteiger partial charge >= 0.3 is 0 Å². The van der Waals surface area contributed by atoms with Crippen LogP contribution in [0, 0.1) is 0 Å². The molecule has 6 nitrogen and oxygen atoms in total. The van der Waals surface area contributed by atoms with Crippen LogP contribution in [0.25, 0.3) is 0 Å². The van der Waals surface area contributed by atoms with E-state index in [-0.39, 0.29) is 11.6 Å². The third-order valence-electron chi connectivity index (χ3n) is 7.43. The standard InChI is InChI=1S/C25H34N4O2/c30-23-11-4-3-10-22(23)29-25(31)13-12-24(27-29)28-14-6-5-9-21(28)17-26-20-15-18-7-1-2-8-19(18)16-20/h1-2,7-8,12-13,20-23,26,30H,3-6,9-11,14-17H2. The van der Waals surface area contributed by atoms with Crippen molar-refractivity contribution in [1.29, 1.82) is 0 Å². The molecule has 2 aliphatic carbocycles. The normalized spacial score (nSPS) is 26.7. The highest BCUT2D eigenvalue weighted by atomic mass is 16.3. The molecule has 2 aromatic rings. The summed E-state index contributed by atoms with van der Waals surface area (Å²) < 4.78 is 1.56. The topological polar surface area (TPSA) is 70.4 Å². The van der Waals surface area contributed by atoms with Gasteiger partial charge in [0.25, 0.3) is 5.56 Å². The van der Waals surface area contributed by atoms with Crippen molar-refractivity contribution in [2.24, 2.45) is 0 Å². The Kier molecular flexibility index (Phi) is 6.10. The van der Waals surface area contributed by atoms with Crippen molar-refractivity contribution in [1.82, 2.24) is 15.1 Å². The van der Waals surface area contributed by atoms with Gasteiger partial charge in [0, 0.05) is 31.2 Å². The van der Waals surface area contributed by atoms with Crippen LogP contribution in [-0.2, 0) is 12.8 Å². The Hall–Kier alpha value is -2.18. The van der Waals surface area contributed by atoms with Gasteiger partial charge in [0.1, 0.15) is 5.82 Å². The maximum atomic E-state index is 12.5. The summed E-state index contributed by atoms with van der Waals surface area (Å²) in [6.45, 7) is 1.90. The molecule has 0 amide bonds. The van der Waals surface area contributed by atoms with Crippen molar-refractivity contribution < 1.29 is 5.11 Å². The van der Waals surface area contributed by atoms with Crippen LogP contribution in [-0.4, -0.2) is 46.2 Å². The summed E-state index contributed by atoms with van der Waals surface area (Å²) >= 11 is 0. The smallest absolute Gasteiger partial charge is 0.267 e. The number of fused-ring (bicyclic) bond motifs is 1. The van der Waals surface area contributed by atoms with E-state index in [1.54, 1.807) is 10.7 Å². The quantitative estimate of drug-likeness (QED) is 0.775. The highest BCUT2D eigenvalue weighted by molar-refractivity contribution is 5.39. The molecule has 0 radical (unpaired) electrons. The van der Waals surface area contributed by atoms with E-state index in [1.807, 2.05) is 6.07 Å². The Morgan fingerprint density at radius 1 is 0.968 bits per heavy atom. The first-order chi connectivity index (χ1) is 15.2. The molecule has 2 N–H and O–H groups in total. The van der Waals surface area contributed by atoms with Crippen molar-refractivity contribution in [3.8, 4) is 0 Å². The van der Waals surface area contributed by atoms with Gasteiger partial charge < -0.3 is 15.3 Å². The Balaban J connectivity index is 1.29. The van der Waals surface area contributed by atoms with Crippen LogP contribution >= 0.6 is 0 Å². The Morgan fingerprint density at radius 3 is 2.48 bits per heavy atom. The monoisotopic (exact) mass is 422 g/mol. The number of aromatic nitrogens is 2. The SMILES string of the molecule is O=c1ccc(N2CCCCC2CNC2Cc3ccccc3C2)nn1C1CCCCC1O. The minimum atomic E-state index is -0.475. The molecular formula is C25H34N4O2. The van der Waals surface area contributed by atoms with Gasteiger partial charge in [0.05, 0.1) is 12.1 Å². The van der Waals surface area contributed by atoms with Gasteiger partial charge in [-0.05, 0) is 62.1 Å². The molecule has 1 aromatic carbocycles. The van der Waals surface area contributed by atoms with Gasteiger partial charge in [0.2, 0.25) is 0 Å². The molecule has 1 saturated heterocycles. The van der Waals surface area contributed by atoms with Gasteiger partial charge in [-0.15, -0.1) is 0 Å².